The van der Waals surface area contributed by atoms with Gasteiger partial charge in [-0.05, 0) is 57.1 Å². The molecule has 0 spiro atoms. The van der Waals surface area contributed by atoms with Gasteiger partial charge in [0, 0.05) is 43.6 Å². The van der Waals surface area contributed by atoms with Gasteiger partial charge in [-0.3, -0.25) is 10.1 Å². The summed E-state index contributed by atoms with van der Waals surface area (Å²) >= 11 is 5.54. The first-order chi connectivity index (χ1) is 15.5. The van der Waals surface area contributed by atoms with Gasteiger partial charge in [-0.2, -0.15) is 4.99 Å². The number of carbonyl (C=O) groups is 1. The number of aryl methyl sites for hydroxylation is 2. The van der Waals surface area contributed by atoms with E-state index in [9.17, 15) is 4.79 Å². The molecule has 170 valence electrons. The molecular weight excluding hydrogens is 426 g/mol. The zero-order valence-electron chi connectivity index (χ0n) is 18.5. The van der Waals surface area contributed by atoms with Crippen molar-refractivity contribution in [3.8, 4) is 0 Å². The van der Waals surface area contributed by atoms with Gasteiger partial charge in [0.25, 0.3) is 5.91 Å². The summed E-state index contributed by atoms with van der Waals surface area (Å²) < 4.78 is 5.26. The molecule has 2 aromatic heterocycles. The molecule has 4 rings (SSSR count). The van der Waals surface area contributed by atoms with Gasteiger partial charge in [0.2, 0.25) is 11.9 Å². The van der Waals surface area contributed by atoms with Crippen LogP contribution < -0.4 is 10.6 Å². The number of rotatable bonds is 3. The van der Waals surface area contributed by atoms with E-state index in [1.165, 1.54) is 19.1 Å². The van der Waals surface area contributed by atoms with Gasteiger partial charge in [0.1, 0.15) is 0 Å². The van der Waals surface area contributed by atoms with E-state index < -0.39 is 0 Å². The molecule has 0 atom stereocenters. The Hall–Kier alpha value is -3.01. The number of piperazine rings is 1. The van der Waals surface area contributed by atoms with Gasteiger partial charge in [-0.1, -0.05) is 12.8 Å². The Balaban J connectivity index is 1.47. The molecule has 9 nitrogen and oxygen atoms in total. The topological polar surface area (TPSA) is 98.9 Å². The molecule has 1 amide bonds. The van der Waals surface area contributed by atoms with Crippen LogP contribution in [0, 0.1) is 13.8 Å². The Morgan fingerprint density at radius 2 is 1.78 bits per heavy atom. The largest absolute Gasteiger partial charge is 0.459 e. The molecular formula is C22H29N7O2S. The van der Waals surface area contributed by atoms with Crippen molar-refractivity contribution in [1.82, 2.24) is 25.1 Å². The third-order valence-corrected chi connectivity index (χ3v) is 5.90. The lowest BCUT2D eigenvalue weighted by atomic mass is 10.3. The lowest BCUT2D eigenvalue weighted by Gasteiger charge is -2.36. The Morgan fingerprint density at radius 1 is 1.12 bits per heavy atom. The second kappa shape index (κ2) is 10.1. The Labute approximate surface area is 193 Å². The van der Waals surface area contributed by atoms with Crippen LogP contribution in [0.5, 0.6) is 0 Å². The summed E-state index contributed by atoms with van der Waals surface area (Å²) in [6.45, 7) is 6.18. The second-order valence-corrected chi connectivity index (χ2v) is 8.61. The predicted octanol–water partition coefficient (Wildman–Crippen LogP) is 2.73. The SMILES string of the molecule is Cc1cc(C)nc(N/C(=N/C(=S)NC2CCCC2)N2CCN(C(=O)c3ccco3)CC2)n1. The highest BCUT2D eigenvalue weighted by atomic mass is 32.1. The Morgan fingerprint density at radius 3 is 2.41 bits per heavy atom. The van der Waals surface area contributed by atoms with E-state index in [4.69, 9.17) is 16.6 Å². The normalized spacial score (nSPS) is 17.5. The molecule has 2 fully saturated rings. The van der Waals surface area contributed by atoms with E-state index in [1.807, 2.05) is 19.9 Å². The monoisotopic (exact) mass is 455 g/mol. The number of hydrogen-bond donors (Lipinski definition) is 2. The molecule has 1 saturated carbocycles. The third kappa shape index (κ3) is 5.61. The first kappa shape index (κ1) is 22.2. The highest BCUT2D eigenvalue weighted by Gasteiger charge is 2.26. The fourth-order valence-corrected chi connectivity index (χ4v) is 4.36. The van der Waals surface area contributed by atoms with E-state index in [1.54, 1.807) is 17.0 Å². The zero-order chi connectivity index (χ0) is 22.5. The maximum atomic E-state index is 12.6. The predicted molar refractivity (Wildman–Crippen MR) is 127 cm³/mol. The fraction of sp³-hybridized carbons (Fsp3) is 0.500. The van der Waals surface area contributed by atoms with Crippen molar-refractivity contribution in [2.75, 3.05) is 31.5 Å². The number of carbonyl (C=O) groups excluding carboxylic acids is 1. The lowest BCUT2D eigenvalue weighted by molar-refractivity contribution is 0.0660. The van der Waals surface area contributed by atoms with Crippen LogP contribution in [-0.2, 0) is 0 Å². The first-order valence-electron chi connectivity index (χ1n) is 11.0. The number of furan rings is 1. The van der Waals surface area contributed by atoms with Crippen LogP contribution in [0.2, 0.25) is 0 Å². The summed E-state index contributed by atoms with van der Waals surface area (Å²) in [5.41, 5.74) is 1.75. The van der Waals surface area contributed by atoms with E-state index >= 15 is 0 Å². The number of aliphatic imine (C=N–C) groups is 1. The molecule has 0 radical (unpaired) electrons. The summed E-state index contributed by atoms with van der Waals surface area (Å²) in [4.78, 5) is 30.1. The van der Waals surface area contributed by atoms with E-state index in [-0.39, 0.29) is 5.91 Å². The molecule has 1 aliphatic carbocycles. The van der Waals surface area contributed by atoms with E-state index in [2.05, 4.69) is 30.5 Å². The van der Waals surface area contributed by atoms with Crippen LogP contribution in [0.4, 0.5) is 5.95 Å². The van der Waals surface area contributed by atoms with Crippen LogP contribution in [0.15, 0.2) is 33.9 Å². The number of thiocarbonyl (C=S) groups is 1. The van der Waals surface area contributed by atoms with Gasteiger partial charge in [0.05, 0.1) is 6.26 Å². The van der Waals surface area contributed by atoms with E-state index in [0.29, 0.717) is 55.0 Å². The van der Waals surface area contributed by atoms with Gasteiger partial charge in [-0.15, -0.1) is 0 Å². The van der Waals surface area contributed by atoms with Crippen LogP contribution >= 0.6 is 12.2 Å². The molecule has 2 aliphatic rings. The maximum Gasteiger partial charge on any atom is 0.289 e. The number of guanidine groups is 1. The van der Waals surface area contributed by atoms with Crippen molar-refractivity contribution in [2.45, 2.75) is 45.6 Å². The van der Waals surface area contributed by atoms with Crippen molar-refractivity contribution in [3.63, 3.8) is 0 Å². The fourth-order valence-electron chi connectivity index (χ4n) is 4.11. The standard InChI is InChI=1S/C22H29N7O2S/c1-15-14-16(2)24-20(23-15)26-21(27-22(32)25-17-6-3-4-7-17)29-11-9-28(10-12-29)19(30)18-8-5-13-31-18/h5,8,13-14,17H,3-4,6-7,9-12H2,1-2H3,(H2,23,24,25,26,27,32). The zero-order valence-corrected chi connectivity index (χ0v) is 19.3. The van der Waals surface area contributed by atoms with Crippen LogP contribution in [0.3, 0.4) is 0 Å². The second-order valence-electron chi connectivity index (χ2n) is 8.22. The average molecular weight is 456 g/mol. The molecule has 1 aliphatic heterocycles. The minimum atomic E-state index is -0.0999. The summed E-state index contributed by atoms with van der Waals surface area (Å²) in [6, 6.07) is 5.72. The third-order valence-electron chi connectivity index (χ3n) is 5.69. The molecule has 3 heterocycles. The molecule has 10 heteroatoms. The Kier molecular flexibility index (Phi) is 6.99. The summed E-state index contributed by atoms with van der Waals surface area (Å²) in [6.07, 6.45) is 6.19. The van der Waals surface area contributed by atoms with Gasteiger partial charge in [-0.25, -0.2) is 9.97 Å². The van der Waals surface area contributed by atoms with Gasteiger partial charge >= 0.3 is 0 Å². The summed E-state index contributed by atoms with van der Waals surface area (Å²) in [5.74, 6) is 1.34. The number of nitrogens with one attached hydrogen (secondary N) is 2. The van der Waals surface area contributed by atoms with Crippen molar-refractivity contribution >= 4 is 35.1 Å². The molecule has 0 aromatic carbocycles. The number of hydrogen-bond acceptors (Lipinski definition) is 5. The highest BCUT2D eigenvalue weighted by molar-refractivity contribution is 7.80. The number of nitrogens with zero attached hydrogens (tertiary/aromatic N) is 5. The first-order valence-corrected chi connectivity index (χ1v) is 11.4. The molecule has 2 N–H and O–H groups in total. The average Bonchev–Trinajstić information content (AvgIpc) is 3.46. The van der Waals surface area contributed by atoms with E-state index in [0.717, 1.165) is 24.2 Å². The number of aromatic nitrogens is 2. The van der Waals surface area contributed by atoms with Crippen LogP contribution in [0.25, 0.3) is 0 Å². The molecule has 32 heavy (non-hydrogen) atoms. The van der Waals surface area contributed by atoms with Gasteiger partial charge < -0.3 is 19.5 Å². The van der Waals surface area contributed by atoms with Crippen molar-refractivity contribution in [1.29, 1.82) is 0 Å². The molecule has 0 unspecified atom stereocenters. The molecule has 0 bridgehead atoms. The number of amides is 1. The highest BCUT2D eigenvalue weighted by Crippen LogP contribution is 2.18. The smallest absolute Gasteiger partial charge is 0.289 e. The van der Waals surface area contributed by atoms with Crippen LogP contribution in [0.1, 0.15) is 47.6 Å². The Bertz CT molecular complexity index is 958. The maximum absolute atomic E-state index is 12.6. The molecule has 2 aromatic rings. The number of anilines is 1. The van der Waals surface area contributed by atoms with Gasteiger partial charge in [0.15, 0.2) is 10.9 Å². The summed E-state index contributed by atoms with van der Waals surface area (Å²) in [5, 5.41) is 7.08. The van der Waals surface area contributed by atoms with Crippen molar-refractivity contribution in [2.24, 2.45) is 4.99 Å². The van der Waals surface area contributed by atoms with Crippen molar-refractivity contribution in [3.05, 3.63) is 41.6 Å². The molecule has 1 saturated heterocycles. The minimum Gasteiger partial charge on any atom is -0.459 e. The van der Waals surface area contributed by atoms with Crippen LogP contribution in [-0.4, -0.2) is 69.0 Å². The minimum absolute atomic E-state index is 0.0999. The lowest BCUT2D eigenvalue weighted by Crippen LogP contribution is -2.52. The quantitative estimate of drug-likeness (QED) is 0.414. The van der Waals surface area contributed by atoms with Crippen molar-refractivity contribution < 1.29 is 9.21 Å². The summed E-state index contributed by atoms with van der Waals surface area (Å²) in [7, 11) is 0.